The van der Waals surface area contributed by atoms with E-state index in [1.54, 1.807) is 0 Å². The first kappa shape index (κ1) is 10.0. The lowest BCUT2D eigenvalue weighted by molar-refractivity contribution is 0.277. The van der Waals surface area contributed by atoms with E-state index in [9.17, 15) is 0 Å². The zero-order valence-corrected chi connectivity index (χ0v) is 9.04. The maximum absolute atomic E-state index is 4.33. The molecule has 0 aromatic heterocycles. The molecule has 1 aromatic carbocycles. The Morgan fingerprint density at radius 2 is 1.86 bits per heavy atom. The molecule has 0 unspecified atom stereocenters. The Morgan fingerprint density at radius 3 is 2.57 bits per heavy atom. The van der Waals surface area contributed by atoms with Crippen molar-refractivity contribution in [3.05, 3.63) is 30.3 Å². The fraction of sp³-hybridized carbons (Fsp3) is 0.455. The molecule has 0 saturated carbocycles. The Balaban J connectivity index is 1.76. The molecular formula is C11H15N2S. The monoisotopic (exact) mass is 207 g/mol. The van der Waals surface area contributed by atoms with Gasteiger partial charge in [0.2, 0.25) is 0 Å². The molecule has 2 nitrogen and oxygen atoms in total. The minimum absolute atomic E-state index is 1.01. The first-order chi connectivity index (χ1) is 6.95. The molecule has 0 bridgehead atoms. The van der Waals surface area contributed by atoms with Gasteiger partial charge in [0.25, 0.3) is 0 Å². The summed E-state index contributed by atoms with van der Waals surface area (Å²) >= 11 is 1.91. The molecule has 2 rings (SSSR count). The normalized spacial score (nSPS) is 18.3. The van der Waals surface area contributed by atoms with Gasteiger partial charge in [-0.05, 0) is 12.1 Å². The fourth-order valence-corrected chi connectivity index (χ4v) is 2.40. The van der Waals surface area contributed by atoms with Gasteiger partial charge in [-0.3, -0.25) is 4.90 Å². The molecule has 1 aromatic rings. The fourth-order valence-electron chi connectivity index (χ4n) is 1.46. The molecular weight excluding hydrogens is 192 g/mol. The smallest absolute Gasteiger partial charge is 0.0492 e. The van der Waals surface area contributed by atoms with E-state index in [0.717, 1.165) is 32.1 Å². The Hall–Kier alpha value is -0.510. The molecule has 3 heteroatoms. The van der Waals surface area contributed by atoms with Crippen LogP contribution in [0.3, 0.4) is 0 Å². The number of nitrogens with zero attached hydrogens (tertiary/aromatic N) is 2. The molecule has 1 aliphatic heterocycles. The van der Waals surface area contributed by atoms with Gasteiger partial charge in [0.05, 0.1) is 0 Å². The van der Waals surface area contributed by atoms with Crippen molar-refractivity contribution in [2.24, 2.45) is 0 Å². The third kappa shape index (κ3) is 3.01. The number of hydrogen-bond acceptors (Lipinski definition) is 2. The molecule has 0 amide bonds. The van der Waals surface area contributed by atoms with E-state index in [0.29, 0.717) is 0 Å². The molecule has 1 radical (unpaired) electrons. The van der Waals surface area contributed by atoms with Crippen LogP contribution in [0, 0.1) is 0 Å². The Morgan fingerprint density at radius 1 is 1.14 bits per heavy atom. The Bertz CT molecular complexity index is 257. The summed E-state index contributed by atoms with van der Waals surface area (Å²) in [6.45, 7) is 4.27. The van der Waals surface area contributed by atoms with Crippen LogP contribution in [0.15, 0.2) is 35.2 Å². The average molecular weight is 207 g/mol. The van der Waals surface area contributed by atoms with Crippen molar-refractivity contribution in [2.75, 3.05) is 32.1 Å². The lowest BCUT2D eigenvalue weighted by Gasteiger charge is -2.25. The minimum Gasteiger partial charge on any atom is -0.291 e. The summed E-state index contributed by atoms with van der Waals surface area (Å²) in [6, 6.07) is 10.6. The van der Waals surface area contributed by atoms with E-state index in [-0.39, 0.29) is 0 Å². The standard InChI is InChI=1S/C11H15N2S/c1-2-4-11(5-3-1)14-10-13-8-6-12-7-9-13/h1-5H,6-10H2. The van der Waals surface area contributed by atoms with E-state index in [1.807, 2.05) is 11.8 Å². The molecule has 1 saturated heterocycles. The predicted octanol–water partition coefficient (Wildman–Crippen LogP) is 1.66. The van der Waals surface area contributed by atoms with Gasteiger partial charge in [0, 0.05) is 37.0 Å². The number of rotatable bonds is 3. The lowest BCUT2D eigenvalue weighted by Crippen LogP contribution is -2.39. The van der Waals surface area contributed by atoms with Gasteiger partial charge >= 0.3 is 0 Å². The second-order valence-corrected chi connectivity index (χ2v) is 4.39. The molecule has 1 aliphatic rings. The maximum Gasteiger partial charge on any atom is 0.0492 e. The molecule has 75 valence electrons. The summed E-state index contributed by atoms with van der Waals surface area (Å²) in [5.74, 6) is 1.10. The van der Waals surface area contributed by atoms with Crippen LogP contribution in [-0.4, -0.2) is 37.0 Å². The van der Waals surface area contributed by atoms with E-state index in [4.69, 9.17) is 0 Å². The van der Waals surface area contributed by atoms with Crippen LogP contribution in [0.4, 0.5) is 0 Å². The van der Waals surface area contributed by atoms with Crippen molar-refractivity contribution < 1.29 is 0 Å². The van der Waals surface area contributed by atoms with Crippen molar-refractivity contribution in [1.29, 1.82) is 0 Å². The van der Waals surface area contributed by atoms with Gasteiger partial charge in [-0.15, -0.1) is 11.8 Å². The summed E-state index contributed by atoms with van der Waals surface area (Å²) in [5, 5.41) is 4.33. The van der Waals surface area contributed by atoms with Gasteiger partial charge in [-0.1, -0.05) is 18.2 Å². The van der Waals surface area contributed by atoms with Gasteiger partial charge in [-0.25, -0.2) is 5.32 Å². The van der Waals surface area contributed by atoms with Crippen LogP contribution in [-0.2, 0) is 0 Å². The lowest BCUT2D eigenvalue weighted by atomic mass is 10.4. The summed E-state index contributed by atoms with van der Waals surface area (Å²) in [5.41, 5.74) is 0. The average Bonchev–Trinajstić information content (AvgIpc) is 2.29. The van der Waals surface area contributed by atoms with Crippen molar-refractivity contribution in [3.8, 4) is 0 Å². The molecule has 0 atom stereocenters. The van der Waals surface area contributed by atoms with Gasteiger partial charge in [0.1, 0.15) is 0 Å². The molecule has 1 heterocycles. The first-order valence-corrected chi connectivity index (χ1v) is 5.97. The summed E-state index contributed by atoms with van der Waals surface area (Å²) in [4.78, 5) is 3.82. The Labute approximate surface area is 89.7 Å². The summed E-state index contributed by atoms with van der Waals surface area (Å²) in [6.07, 6.45) is 0. The van der Waals surface area contributed by atoms with Gasteiger partial charge in [-0.2, -0.15) is 0 Å². The SMILES string of the molecule is c1ccc(SCN2CC[N]CC2)cc1. The van der Waals surface area contributed by atoms with Gasteiger partial charge in [0.15, 0.2) is 0 Å². The number of benzene rings is 1. The van der Waals surface area contributed by atoms with Crippen molar-refractivity contribution in [2.45, 2.75) is 4.90 Å². The van der Waals surface area contributed by atoms with Gasteiger partial charge < -0.3 is 0 Å². The van der Waals surface area contributed by atoms with E-state index in [2.05, 4.69) is 40.5 Å². The molecule has 0 N–H and O–H groups in total. The number of hydrogen-bond donors (Lipinski definition) is 0. The van der Waals surface area contributed by atoms with E-state index >= 15 is 0 Å². The first-order valence-electron chi connectivity index (χ1n) is 4.98. The van der Waals surface area contributed by atoms with Crippen LogP contribution in [0.5, 0.6) is 0 Å². The predicted molar refractivity (Wildman–Crippen MR) is 60.6 cm³/mol. The van der Waals surface area contributed by atoms with E-state index < -0.39 is 0 Å². The Kier molecular flexibility index (Phi) is 3.86. The quantitative estimate of drug-likeness (QED) is 0.701. The van der Waals surface area contributed by atoms with Crippen LogP contribution in [0.1, 0.15) is 0 Å². The number of piperazine rings is 1. The van der Waals surface area contributed by atoms with Crippen LogP contribution in [0.25, 0.3) is 0 Å². The van der Waals surface area contributed by atoms with Crippen LogP contribution < -0.4 is 5.32 Å². The topological polar surface area (TPSA) is 17.3 Å². The van der Waals surface area contributed by atoms with Crippen molar-refractivity contribution in [3.63, 3.8) is 0 Å². The second kappa shape index (κ2) is 5.39. The second-order valence-electron chi connectivity index (χ2n) is 3.38. The highest BCUT2D eigenvalue weighted by Crippen LogP contribution is 2.18. The molecule has 1 fully saturated rings. The van der Waals surface area contributed by atoms with Crippen LogP contribution >= 0.6 is 11.8 Å². The molecule has 0 aliphatic carbocycles. The largest absolute Gasteiger partial charge is 0.291 e. The summed E-state index contributed by atoms with van der Waals surface area (Å²) in [7, 11) is 0. The van der Waals surface area contributed by atoms with E-state index in [1.165, 1.54) is 4.90 Å². The van der Waals surface area contributed by atoms with Crippen molar-refractivity contribution in [1.82, 2.24) is 10.2 Å². The summed E-state index contributed by atoms with van der Waals surface area (Å²) < 4.78 is 0. The minimum atomic E-state index is 1.01. The maximum atomic E-state index is 4.33. The number of thioether (sulfide) groups is 1. The molecule has 0 spiro atoms. The molecule has 14 heavy (non-hydrogen) atoms. The third-order valence-electron chi connectivity index (χ3n) is 2.31. The third-order valence-corrected chi connectivity index (χ3v) is 3.41. The highest BCUT2D eigenvalue weighted by molar-refractivity contribution is 7.99. The highest BCUT2D eigenvalue weighted by atomic mass is 32.2. The zero-order chi connectivity index (χ0) is 9.64. The van der Waals surface area contributed by atoms with Crippen molar-refractivity contribution >= 4 is 11.8 Å². The zero-order valence-electron chi connectivity index (χ0n) is 8.22. The van der Waals surface area contributed by atoms with Crippen LogP contribution in [0.2, 0.25) is 0 Å². The highest BCUT2D eigenvalue weighted by Gasteiger charge is 2.09.